The van der Waals surface area contributed by atoms with Gasteiger partial charge in [0.15, 0.2) is 0 Å². The van der Waals surface area contributed by atoms with Gasteiger partial charge in [-0.05, 0) is 19.3 Å². The van der Waals surface area contributed by atoms with Crippen LogP contribution < -0.4 is 0 Å². The molecule has 0 aliphatic carbocycles. The molecule has 7 nitrogen and oxygen atoms in total. The maximum Gasteiger partial charge on any atom is 0.335 e. The third kappa shape index (κ3) is 13.4. The van der Waals surface area contributed by atoms with Crippen molar-refractivity contribution in [3.05, 3.63) is 11.6 Å². The maximum absolute atomic E-state index is 12.1. The van der Waals surface area contributed by atoms with Crippen LogP contribution in [0.1, 0.15) is 90.9 Å². The Morgan fingerprint density at radius 1 is 0.926 bits per heavy atom. The van der Waals surface area contributed by atoms with Gasteiger partial charge < -0.3 is 9.84 Å². The van der Waals surface area contributed by atoms with Crippen molar-refractivity contribution < 1.29 is 32.4 Å². The third-order valence-electron chi connectivity index (χ3n) is 4.26. The molecule has 0 rings (SSSR count). The maximum atomic E-state index is 12.1. The second-order valence-electron chi connectivity index (χ2n) is 6.70. The molecule has 0 aromatic heterocycles. The second kappa shape index (κ2) is 14.6. The van der Waals surface area contributed by atoms with Gasteiger partial charge in [0.2, 0.25) is 5.44 Å². The summed E-state index contributed by atoms with van der Waals surface area (Å²) in [6, 6.07) is 0. The Kier molecular flexibility index (Phi) is 13.9. The summed E-state index contributed by atoms with van der Waals surface area (Å²) in [6.07, 6.45) is 11.9. The first kappa shape index (κ1) is 25.6. The fraction of sp³-hybridized carbons (Fsp3) is 0.789. The van der Waals surface area contributed by atoms with Crippen LogP contribution in [0, 0.1) is 0 Å². The van der Waals surface area contributed by atoms with Gasteiger partial charge in [0.1, 0.15) is 0 Å². The first-order valence-electron chi connectivity index (χ1n) is 9.83. The molecule has 0 saturated carbocycles. The molecule has 0 aromatic carbocycles. The van der Waals surface area contributed by atoms with Crippen molar-refractivity contribution in [3.63, 3.8) is 0 Å². The average Bonchev–Trinajstić information content (AvgIpc) is 2.58. The van der Waals surface area contributed by atoms with E-state index in [1.165, 1.54) is 45.4 Å². The number of esters is 1. The first-order chi connectivity index (χ1) is 12.7. The molecule has 1 unspecified atom stereocenters. The van der Waals surface area contributed by atoms with Gasteiger partial charge in [-0.2, -0.15) is 8.42 Å². The van der Waals surface area contributed by atoms with E-state index in [0.717, 1.165) is 25.3 Å². The number of carboxylic acid groups (broad SMARTS) is 1. The zero-order valence-corrected chi connectivity index (χ0v) is 17.3. The van der Waals surface area contributed by atoms with Crippen molar-refractivity contribution in [1.29, 1.82) is 0 Å². The minimum Gasteiger partial charge on any atom is -0.478 e. The van der Waals surface area contributed by atoms with Crippen molar-refractivity contribution in [2.24, 2.45) is 0 Å². The van der Waals surface area contributed by atoms with Crippen LogP contribution in [0.25, 0.3) is 0 Å². The van der Waals surface area contributed by atoms with Gasteiger partial charge in [-0.1, -0.05) is 71.6 Å². The van der Waals surface area contributed by atoms with Crippen molar-refractivity contribution in [1.82, 2.24) is 0 Å². The number of rotatable bonds is 16. The molecule has 158 valence electrons. The molecule has 27 heavy (non-hydrogen) atoms. The topological polar surface area (TPSA) is 118 Å². The molecule has 0 bridgehead atoms. The van der Waals surface area contributed by atoms with Crippen molar-refractivity contribution in [2.75, 3.05) is 0 Å². The van der Waals surface area contributed by atoms with Crippen molar-refractivity contribution >= 4 is 22.1 Å². The van der Waals surface area contributed by atoms with Crippen LogP contribution in [0.5, 0.6) is 0 Å². The highest BCUT2D eigenvalue weighted by Gasteiger charge is 2.26. The van der Waals surface area contributed by atoms with Crippen LogP contribution >= 0.6 is 0 Å². The number of carbonyl (C=O) groups is 2. The van der Waals surface area contributed by atoms with E-state index in [4.69, 9.17) is 14.4 Å². The van der Waals surface area contributed by atoms with Crippen LogP contribution in [0.2, 0.25) is 0 Å². The summed E-state index contributed by atoms with van der Waals surface area (Å²) < 4.78 is 36.0. The van der Waals surface area contributed by atoms with Gasteiger partial charge in [-0.25, -0.2) is 9.59 Å². The van der Waals surface area contributed by atoms with Crippen LogP contribution in [0.15, 0.2) is 11.6 Å². The monoisotopic (exact) mass is 406 g/mol. The second-order valence-corrected chi connectivity index (χ2v) is 8.25. The lowest BCUT2D eigenvalue weighted by molar-refractivity contribution is -0.142. The zero-order chi connectivity index (χ0) is 20.7. The number of carbonyl (C=O) groups excluding carboxylic acids is 1. The van der Waals surface area contributed by atoms with Crippen LogP contribution in [-0.4, -0.2) is 35.5 Å². The highest BCUT2D eigenvalue weighted by Crippen LogP contribution is 2.17. The third-order valence-corrected chi connectivity index (χ3v) is 5.36. The Morgan fingerprint density at radius 2 is 1.41 bits per heavy atom. The molecule has 2 N–H and O–H groups in total. The molecule has 0 heterocycles. The lowest BCUT2D eigenvalue weighted by Crippen LogP contribution is -2.27. The van der Waals surface area contributed by atoms with Crippen molar-refractivity contribution in [2.45, 2.75) is 96.3 Å². The minimum absolute atomic E-state index is 0.0934. The normalized spacial score (nSPS) is 13.4. The van der Waals surface area contributed by atoms with Crippen LogP contribution in [0.4, 0.5) is 0 Å². The van der Waals surface area contributed by atoms with E-state index in [0.29, 0.717) is 6.42 Å². The average molecular weight is 407 g/mol. The van der Waals surface area contributed by atoms with E-state index in [1.54, 1.807) is 0 Å². The van der Waals surface area contributed by atoms with E-state index < -0.39 is 27.5 Å². The van der Waals surface area contributed by atoms with Gasteiger partial charge in [0.05, 0.1) is 0 Å². The van der Waals surface area contributed by atoms with E-state index >= 15 is 0 Å². The molecule has 0 radical (unpaired) electrons. The van der Waals surface area contributed by atoms with Gasteiger partial charge in [-0.3, -0.25) is 4.55 Å². The predicted molar refractivity (Wildman–Crippen MR) is 104 cm³/mol. The fourth-order valence-corrected chi connectivity index (χ4v) is 3.37. The highest BCUT2D eigenvalue weighted by atomic mass is 32.2. The number of ether oxygens (including phenoxy) is 1. The summed E-state index contributed by atoms with van der Waals surface area (Å²) in [4.78, 5) is 23.0. The minimum atomic E-state index is -4.53. The summed E-state index contributed by atoms with van der Waals surface area (Å²) in [6.45, 7) is 3.63. The molecular weight excluding hydrogens is 372 g/mol. The summed E-state index contributed by atoms with van der Waals surface area (Å²) in [5.41, 5.74) is -1.78. The van der Waals surface area contributed by atoms with E-state index in [2.05, 4.69) is 6.92 Å². The molecule has 8 heteroatoms. The van der Waals surface area contributed by atoms with Gasteiger partial charge in [0.25, 0.3) is 0 Å². The van der Waals surface area contributed by atoms with Gasteiger partial charge in [-0.15, -0.1) is 0 Å². The molecule has 0 fully saturated rings. The SMILES string of the molecule is CCCCCCCCCCCCC(=CC(=O)O)C(=O)OC(CC)S(=O)(=O)O. The number of carboxylic acids is 1. The number of hydrogen-bond acceptors (Lipinski definition) is 5. The van der Waals surface area contributed by atoms with Crippen LogP contribution in [0.3, 0.4) is 0 Å². The highest BCUT2D eigenvalue weighted by molar-refractivity contribution is 7.86. The van der Waals surface area contributed by atoms with E-state index in [-0.39, 0.29) is 18.4 Å². The summed E-state index contributed by atoms with van der Waals surface area (Å²) in [5.74, 6) is -2.31. The zero-order valence-electron chi connectivity index (χ0n) is 16.5. The first-order valence-corrected chi connectivity index (χ1v) is 11.3. The van der Waals surface area contributed by atoms with E-state index in [9.17, 15) is 18.0 Å². The lowest BCUT2D eigenvalue weighted by atomic mass is 10.0. The molecule has 0 spiro atoms. The molecule has 0 aromatic rings. The van der Waals surface area contributed by atoms with E-state index in [1.807, 2.05) is 0 Å². The smallest absolute Gasteiger partial charge is 0.335 e. The summed E-state index contributed by atoms with van der Waals surface area (Å²) in [7, 11) is -4.53. The summed E-state index contributed by atoms with van der Waals surface area (Å²) >= 11 is 0. The van der Waals surface area contributed by atoms with Gasteiger partial charge in [0, 0.05) is 11.6 Å². The standard InChI is InChI=1S/C19H34O7S/c1-3-5-6-7-8-9-10-11-12-13-14-16(15-17(20)21)19(22)26-18(4-2)27(23,24)25/h15,18H,3-14H2,1-2H3,(H,20,21)(H,23,24,25). The predicted octanol–water partition coefficient (Wildman–Crippen LogP) is 4.48. The quantitative estimate of drug-likeness (QED) is 0.168. The number of hydrogen-bond donors (Lipinski definition) is 2. The molecule has 0 amide bonds. The Hall–Kier alpha value is -1.41. The van der Waals surface area contributed by atoms with Crippen molar-refractivity contribution in [3.8, 4) is 0 Å². The largest absolute Gasteiger partial charge is 0.478 e. The summed E-state index contributed by atoms with van der Waals surface area (Å²) in [5, 5.41) is 8.89. The number of unbranched alkanes of at least 4 members (excludes halogenated alkanes) is 9. The molecule has 0 aliphatic heterocycles. The number of aliphatic carboxylic acids is 1. The fourth-order valence-electron chi connectivity index (χ4n) is 2.73. The molecule has 0 aliphatic rings. The lowest BCUT2D eigenvalue weighted by Gasteiger charge is -2.14. The molecular formula is C19H34O7S. The van der Waals surface area contributed by atoms with Gasteiger partial charge >= 0.3 is 22.1 Å². The Bertz CT molecular complexity index is 567. The Balaban J connectivity index is 4.29. The molecule has 1 atom stereocenters. The molecule has 0 saturated heterocycles. The Labute approximate surface area is 162 Å². The van der Waals surface area contributed by atoms with Crippen LogP contribution in [-0.2, 0) is 24.4 Å². The Morgan fingerprint density at radius 3 is 1.81 bits per heavy atom.